The number of para-hydroxylation sites is 9. The van der Waals surface area contributed by atoms with Gasteiger partial charge < -0.3 is 18.3 Å². The van der Waals surface area contributed by atoms with E-state index in [9.17, 15) is 0 Å². The van der Waals surface area contributed by atoms with Gasteiger partial charge in [-0.25, -0.2) is 0 Å². The molecule has 0 saturated heterocycles. The van der Waals surface area contributed by atoms with Crippen LogP contribution >= 0.6 is 14.6 Å². The van der Waals surface area contributed by atoms with Gasteiger partial charge in [0.15, 0.2) is 0 Å². The molecule has 0 aliphatic carbocycles. The van der Waals surface area contributed by atoms with Crippen LogP contribution in [-0.2, 0) is 9.13 Å². The topological polar surface area (TPSA) is 60.3 Å². The van der Waals surface area contributed by atoms with Crippen LogP contribution in [0.2, 0.25) is 0 Å². The molecule has 4 aromatic heterocycles. The number of anilines is 4. The third kappa shape index (κ3) is 8.48. The fraction of sp³-hybridized carbons (Fsp3) is 0. The van der Waals surface area contributed by atoms with E-state index < -0.39 is 14.6 Å². The molecule has 0 N–H and O–H groups in total. The lowest BCUT2D eigenvalue weighted by Crippen LogP contribution is -2.34. The summed E-state index contributed by atoms with van der Waals surface area (Å²) < 4.78 is 50.3. The first-order chi connectivity index (χ1) is 52.4. The van der Waals surface area contributed by atoms with E-state index in [1.54, 1.807) is 0 Å². The van der Waals surface area contributed by atoms with Gasteiger partial charge in [-0.05, 0) is 175 Å². The van der Waals surface area contributed by atoms with Crippen LogP contribution in [0.3, 0.4) is 0 Å². The van der Waals surface area contributed by atoms with Crippen LogP contribution in [0.15, 0.2) is 376 Å². The highest BCUT2D eigenvalue weighted by Gasteiger charge is 2.48. The summed E-state index contributed by atoms with van der Waals surface area (Å²) in [5, 5.41) is 11.6. The first kappa shape index (κ1) is 60.4. The lowest BCUT2D eigenvalue weighted by atomic mass is 9.93. The van der Waals surface area contributed by atoms with Crippen LogP contribution in [0.5, 0.6) is 0 Å². The third-order valence-electron chi connectivity index (χ3n) is 22.2. The van der Waals surface area contributed by atoms with Crippen LogP contribution < -0.4 is 30.6 Å². The Labute approximate surface area is 610 Å². The molecule has 2 aliphatic rings. The van der Waals surface area contributed by atoms with Gasteiger partial charge >= 0.3 is 0 Å². The Bertz CT molecular complexity index is 7150. The second kappa shape index (κ2) is 23.1. The molecule has 0 radical (unpaired) electrons. The van der Waals surface area contributed by atoms with Crippen molar-refractivity contribution in [1.29, 1.82) is 0 Å². The van der Waals surface area contributed by atoms with Gasteiger partial charge in [-0.3, -0.25) is 18.5 Å². The van der Waals surface area contributed by atoms with Crippen molar-refractivity contribution in [3.8, 4) is 56.1 Å². The quantitative estimate of drug-likeness (QED) is 0.135. The zero-order valence-electron chi connectivity index (χ0n) is 57.2. The first-order valence-electron chi connectivity index (χ1n) is 36.0. The van der Waals surface area contributed by atoms with Gasteiger partial charge in [-0.1, -0.05) is 212 Å². The van der Waals surface area contributed by atoms with Crippen LogP contribution in [0.1, 0.15) is 0 Å². The smallest absolute Gasteiger partial charge is 0.234 e. The molecule has 10 heteroatoms. The van der Waals surface area contributed by atoms with E-state index >= 15 is 9.13 Å². The van der Waals surface area contributed by atoms with Crippen LogP contribution in [0, 0.1) is 0 Å². The molecule has 498 valence electrons. The molecule has 2 aliphatic heterocycles. The second-order valence-electron chi connectivity index (χ2n) is 27.7. The van der Waals surface area contributed by atoms with E-state index in [-0.39, 0.29) is 0 Å². The Morgan fingerprint density at radius 2 is 0.613 bits per heavy atom. The van der Waals surface area contributed by atoms with E-state index in [4.69, 9.17) is 0 Å². The summed E-state index contributed by atoms with van der Waals surface area (Å²) in [6, 6.07) is 133. The number of nitrogens with zero attached hydrogens (tertiary/aromatic N) is 6. The maximum atomic E-state index is 18.6. The maximum absolute atomic E-state index is 18.6. The monoisotopic (exact) mass is 1390 g/mol. The van der Waals surface area contributed by atoms with E-state index in [0.29, 0.717) is 5.30 Å². The highest BCUT2D eigenvalue weighted by atomic mass is 31.2. The van der Waals surface area contributed by atoms with Crippen LogP contribution in [0.25, 0.3) is 143 Å². The molecule has 0 bridgehead atoms. The average Bonchev–Trinajstić information content (AvgIpc) is 1.41. The van der Waals surface area contributed by atoms with Gasteiger partial charge in [-0.2, -0.15) is 0 Å². The standard InChI is InChI=1S/C96H62N6O2P2/c103-105(71-42-17-6-18-43-71)89-57-53-75-73-45-19-24-50-81(73)100(96(75)93(89)79-61-78-74-46-20-23-49-80(74)99(67-35-11-3-12-36-67)87(78)62-88(79)102(105)69-39-15-5-16-40-69)70-41-27-29-63(59-70)64-30-28-44-72(60-64)106(104)90-58-56-85-92(77-48-22-26-52-83(77)98(85)66-33-9-2-10-34-66)95(90)94-86(101(106)68-37-13-4-14-38-68)55-54-84-91(94)76-47-21-25-51-82(76)97(84)65-31-7-1-8-32-65/h1-62H. The van der Waals surface area contributed by atoms with E-state index in [0.717, 1.165) is 182 Å². The van der Waals surface area contributed by atoms with Gasteiger partial charge in [0.25, 0.3) is 0 Å². The molecule has 0 amide bonds. The summed E-state index contributed by atoms with van der Waals surface area (Å²) in [5.41, 5.74) is 21.5. The van der Waals surface area contributed by atoms with Crippen LogP contribution in [-0.4, -0.2) is 18.3 Å². The van der Waals surface area contributed by atoms with E-state index in [1.165, 1.54) is 0 Å². The summed E-state index contributed by atoms with van der Waals surface area (Å²) in [4.78, 5) is 0. The summed E-state index contributed by atoms with van der Waals surface area (Å²) in [6.07, 6.45) is 0. The van der Waals surface area contributed by atoms with Gasteiger partial charge in [0, 0.05) is 121 Å². The van der Waals surface area contributed by atoms with Crippen molar-refractivity contribution in [3.05, 3.63) is 376 Å². The molecule has 2 unspecified atom stereocenters. The predicted octanol–water partition coefficient (Wildman–Crippen LogP) is 23.8. The highest BCUT2D eigenvalue weighted by Crippen LogP contribution is 2.66. The number of benzene rings is 16. The molecular formula is C96H62N6O2P2. The van der Waals surface area contributed by atoms with Crippen molar-refractivity contribution in [2.45, 2.75) is 0 Å². The zero-order valence-corrected chi connectivity index (χ0v) is 59.0. The van der Waals surface area contributed by atoms with E-state index in [1.807, 2.05) is 54.6 Å². The molecule has 0 fully saturated rings. The molecule has 20 aromatic rings. The zero-order chi connectivity index (χ0) is 69.9. The molecule has 0 spiro atoms. The minimum Gasteiger partial charge on any atom is -0.309 e. The normalized spacial score (nSPS) is 15.5. The Balaban J connectivity index is 0.797. The number of rotatable bonds is 9. The summed E-state index contributed by atoms with van der Waals surface area (Å²) in [6.45, 7) is 0. The van der Waals surface area contributed by atoms with Gasteiger partial charge in [0.2, 0.25) is 14.6 Å². The number of aromatic nitrogens is 4. The average molecular weight is 1390 g/mol. The molecule has 8 nitrogen and oxygen atoms in total. The Morgan fingerprint density at radius 3 is 1.19 bits per heavy atom. The summed E-state index contributed by atoms with van der Waals surface area (Å²) in [7, 11) is -7.84. The molecule has 6 heterocycles. The van der Waals surface area contributed by atoms with Crippen molar-refractivity contribution in [2.24, 2.45) is 0 Å². The lowest BCUT2D eigenvalue weighted by Gasteiger charge is -2.41. The molecule has 2 atom stereocenters. The number of hydrogen-bond acceptors (Lipinski definition) is 2. The van der Waals surface area contributed by atoms with Crippen molar-refractivity contribution in [3.63, 3.8) is 0 Å². The Kier molecular flexibility index (Phi) is 13.2. The molecule has 22 rings (SSSR count). The first-order valence-corrected chi connectivity index (χ1v) is 39.4. The molecular weight excluding hydrogens is 1330 g/mol. The van der Waals surface area contributed by atoms with Gasteiger partial charge in [0.1, 0.15) is 0 Å². The Morgan fingerprint density at radius 1 is 0.217 bits per heavy atom. The largest absolute Gasteiger partial charge is 0.309 e. The fourth-order valence-electron chi connectivity index (χ4n) is 17.9. The maximum Gasteiger partial charge on any atom is 0.234 e. The van der Waals surface area contributed by atoms with Crippen LogP contribution in [0.4, 0.5) is 22.7 Å². The minimum absolute atomic E-state index is 0.700. The minimum atomic E-state index is -4.01. The second-order valence-corrected chi connectivity index (χ2v) is 32.9. The highest BCUT2D eigenvalue weighted by molar-refractivity contribution is 7.81. The number of hydrogen-bond donors (Lipinski definition) is 0. The molecule has 16 aromatic carbocycles. The van der Waals surface area contributed by atoms with E-state index in [2.05, 4.69) is 349 Å². The third-order valence-corrected chi connectivity index (χ3v) is 28.3. The molecule has 106 heavy (non-hydrogen) atoms. The van der Waals surface area contributed by atoms with Crippen molar-refractivity contribution < 1.29 is 9.13 Å². The molecule has 0 saturated carbocycles. The summed E-state index contributed by atoms with van der Waals surface area (Å²) in [5.74, 6) is 0. The van der Waals surface area contributed by atoms with Crippen molar-refractivity contribution >= 4 is 146 Å². The Hall–Kier alpha value is -13.2. The SMILES string of the molecule is O=P1(c2cccc(-c3cccc(-n4c5ccccc5c5ccc6c(c54)-c4cc5c7ccccc7n(-c7ccccc7)c5cc4N(c4ccccc4)P6(=O)c4ccccc4)c3)c2)c2ccc3c(c2-c2c(ccc4c2c2ccccc2n4-c2ccccc2)N1c1ccccc1)c1ccccc1n3-c1ccccc1. The van der Waals surface area contributed by atoms with Gasteiger partial charge in [-0.15, -0.1) is 0 Å². The van der Waals surface area contributed by atoms with Crippen molar-refractivity contribution in [2.75, 3.05) is 9.34 Å². The van der Waals surface area contributed by atoms with Gasteiger partial charge in [0.05, 0.1) is 55.5 Å². The predicted molar refractivity (Wildman–Crippen MR) is 444 cm³/mol. The number of fused-ring (bicyclic) bond motifs is 21. The fourth-order valence-corrected chi connectivity index (χ4v) is 24.0. The van der Waals surface area contributed by atoms with Crippen molar-refractivity contribution in [1.82, 2.24) is 18.3 Å². The lowest BCUT2D eigenvalue weighted by molar-refractivity contribution is 0.586. The summed E-state index contributed by atoms with van der Waals surface area (Å²) >= 11 is 0.